The van der Waals surface area contributed by atoms with Crippen molar-refractivity contribution < 1.29 is 17.9 Å². The maximum absolute atomic E-state index is 12.7. The first-order valence-corrected chi connectivity index (χ1v) is 12.1. The van der Waals surface area contributed by atoms with Crippen LogP contribution in [0.5, 0.6) is 0 Å². The molecule has 0 aliphatic carbocycles. The van der Waals surface area contributed by atoms with Crippen LogP contribution in [0.4, 0.5) is 5.69 Å². The molecule has 0 saturated carbocycles. The largest absolute Gasteiger partial charge is 0.456 e. The zero-order valence-corrected chi connectivity index (χ0v) is 18.8. The third kappa shape index (κ3) is 5.22. The van der Waals surface area contributed by atoms with Crippen molar-refractivity contribution >= 4 is 33.0 Å². The van der Waals surface area contributed by atoms with Gasteiger partial charge in [0, 0.05) is 16.6 Å². The molecule has 4 rings (SSSR count). The molecule has 0 radical (unpaired) electrons. The number of ether oxygens (including phenoxy) is 1. The number of benzene rings is 3. The Morgan fingerprint density at radius 2 is 1.78 bits per heavy atom. The quantitative estimate of drug-likeness (QED) is 0.376. The van der Waals surface area contributed by atoms with E-state index in [-0.39, 0.29) is 17.1 Å². The van der Waals surface area contributed by atoms with Gasteiger partial charge in [-0.2, -0.15) is 0 Å². The van der Waals surface area contributed by atoms with Crippen LogP contribution in [0, 0.1) is 6.92 Å². The monoisotopic (exact) mass is 464 g/mol. The van der Waals surface area contributed by atoms with Gasteiger partial charge in [-0.25, -0.2) is 18.2 Å². The molecule has 8 heteroatoms. The summed E-state index contributed by atoms with van der Waals surface area (Å²) < 4.78 is 33.3. The molecule has 0 aliphatic heterocycles. The fourth-order valence-electron chi connectivity index (χ4n) is 3.02. The molecule has 3 aromatic carbocycles. The summed E-state index contributed by atoms with van der Waals surface area (Å²) in [7, 11) is -3.85. The standard InChI is InChI=1S/C24H20N2O4S2/c1-17-7-5-11-20(13-17)26-32(28,29)22-12-6-10-19(14-22)24(27)30-15-21-16-31-23(25-21)18-8-3-2-4-9-18/h2-14,16,26H,15H2,1H3. The number of esters is 1. The molecule has 0 aliphatic rings. The second kappa shape index (κ2) is 9.33. The minimum atomic E-state index is -3.85. The second-order valence-electron chi connectivity index (χ2n) is 7.09. The van der Waals surface area contributed by atoms with E-state index in [1.165, 1.54) is 35.6 Å². The molecule has 32 heavy (non-hydrogen) atoms. The smallest absolute Gasteiger partial charge is 0.338 e. The van der Waals surface area contributed by atoms with Crippen LogP contribution in [-0.4, -0.2) is 19.4 Å². The summed E-state index contributed by atoms with van der Waals surface area (Å²) in [4.78, 5) is 17.0. The number of anilines is 1. The Balaban J connectivity index is 1.44. The minimum Gasteiger partial charge on any atom is -0.456 e. The molecule has 0 amide bonds. The first-order valence-electron chi connectivity index (χ1n) is 9.77. The molecule has 1 N–H and O–H groups in total. The number of aromatic nitrogens is 1. The van der Waals surface area contributed by atoms with Crippen molar-refractivity contribution in [2.24, 2.45) is 0 Å². The summed E-state index contributed by atoms with van der Waals surface area (Å²) in [6, 6.07) is 22.5. The molecule has 0 unspecified atom stereocenters. The number of thiazole rings is 1. The highest BCUT2D eigenvalue weighted by Gasteiger charge is 2.18. The Kier molecular flexibility index (Phi) is 6.34. The van der Waals surface area contributed by atoms with Crippen LogP contribution in [0.1, 0.15) is 21.6 Å². The summed E-state index contributed by atoms with van der Waals surface area (Å²) in [6.45, 7) is 1.88. The molecule has 0 saturated heterocycles. The van der Waals surface area contributed by atoms with Crippen LogP contribution in [-0.2, 0) is 21.4 Å². The molecule has 0 fully saturated rings. The van der Waals surface area contributed by atoms with Crippen LogP contribution in [0.15, 0.2) is 89.1 Å². The number of carbonyl (C=O) groups excluding carboxylic acids is 1. The first-order chi connectivity index (χ1) is 15.4. The lowest BCUT2D eigenvalue weighted by Crippen LogP contribution is -2.14. The summed E-state index contributed by atoms with van der Waals surface area (Å²) in [5.41, 5.74) is 3.16. The van der Waals surface area contributed by atoms with Gasteiger partial charge in [-0.3, -0.25) is 4.72 Å². The highest BCUT2D eigenvalue weighted by atomic mass is 32.2. The van der Waals surface area contributed by atoms with Crippen LogP contribution >= 0.6 is 11.3 Å². The number of sulfonamides is 1. The molecule has 6 nitrogen and oxygen atoms in total. The molecule has 0 bridgehead atoms. The molecule has 0 spiro atoms. The fourth-order valence-corrected chi connectivity index (χ4v) is 4.93. The Labute approximate surface area is 190 Å². The average molecular weight is 465 g/mol. The van der Waals surface area contributed by atoms with Gasteiger partial charge in [0.15, 0.2) is 0 Å². The third-order valence-corrected chi connectivity index (χ3v) is 6.89. The van der Waals surface area contributed by atoms with Crippen molar-refractivity contribution in [3.8, 4) is 10.6 Å². The highest BCUT2D eigenvalue weighted by molar-refractivity contribution is 7.92. The fraction of sp³-hybridized carbons (Fsp3) is 0.0833. The van der Waals surface area contributed by atoms with Gasteiger partial charge in [0.25, 0.3) is 10.0 Å². The van der Waals surface area contributed by atoms with Crippen LogP contribution < -0.4 is 4.72 Å². The topological polar surface area (TPSA) is 85.4 Å². The van der Waals surface area contributed by atoms with E-state index in [2.05, 4.69) is 9.71 Å². The number of aryl methyl sites for hydroxylation is 1. The first kappa shape index (κ1) is 21.7. The van der Waals surface area contributed by atoms with E-state index in [1.54, 1.807) is 18.2 Å². The average Bonchev–Trinajstić information content (AvgIpc) is 3.27. The van der Waals surface area contributed by atoms with E-state index in [9.17, 15) is 13.2 Å². The van der Waals surface area contributed by atoms with Crippen LogP contribution in [0.25, 0.3) is 10.6 Å². The maximum Gasteiger partial charge on any atom is 0.338 e. The Morgan fingerprint density at radius 3 is 2.56 bits per heavy atom. The van der Waals surface area contributed by atoms with Gasteiger partial charge in [-0.15, -0.1) is 11.3 Å². The molecule has 0 atom stereocenters. The van der Waals surface area contributed by atoms with E-state index >= 15 is 0 Å². The number of hydrogen-bond donors (Lipinski definition) is 1. The van der Waals surface area contributed by atoms with Crippen molar-refractivity contribution in [1.29, 1.82) is 0 Å². The third-order valence-electron chi connectivity index (χ3n) is 4.57. The van der Waals surface area contributed by atoms with Gasteiger partial charge in [0.1, 0.15) is 11.6 Å². The Morgan fingerprint density at radius 1 is 1.00 bits per heavy atom. The summed E-state index contributed by atoms with van der Waals surface area (Å²) in [6.07, 6.45) is 0. The number of nitrogens with one attached hydrogen (secondary N) is 1. The van der Waals surface area contributed by atoms with Gasteiger partial charge in [-0.1, -0.05) is 48.5 Å². The van der Waals surface area contributed by atoms with Crippen LogP contribution in [0.3, 0.4) is 0 Å². The van der Waals surface area contributed by atoms with Gasteiger partial charge in [-0.05, 0) is 42.8 Å². The van der Waals surface area contributed by atoms with Gasteiger partial charge in [0.05, 0.1) is 16.2 Å². The number of nitrogens with zero attached hydrogens (tertiary/aromatic N) is 1. The zero-order chi connectivity index (χ0) is 22.6. The van der Waals surface area contributed by atoms with Crippen molar-refractivity contribution in [2.75, 3.05) is 4.72 Å². The predicted octanol–water partition coefficient (Wildman–Crippen LogP) is 5.28. The van der Waals surface area contributed by atoms with Crippen LogP contribution in [0.2, 0.25) is 0 Å². The lowest BCUT2D eigenvalue weighted by atomic mass is 10.2. The Bertz CT molecular complexity index is 1350. The molecular formula is C24H20N2O4S2. The molecule has 1 heterocycles. The second-order valence-corrected chi connectivity index (χ2v) is 9.63. The van der Waals surface area contributed by atoms with Crippen molar-refractivity contribution in [3.63, 3.8) is 0 Å². The normalized spacial score (nSPS) is 11.2. The summed E-state index contributed by atoms with van der Waals surface area (Å²) in [5, 5.41) is 2.68. The minimum absolute atomic E-state index is 0.000681. The van der Waals surface area contributed by atoms with E-state index < -0.39 is 16.0 Å². The van der Waals surface area contributed by atoms with Crippen molar-refractivity contribution in [1.82, 2.24) is 4.98 Å². The van der Waals surface area contributed by atoms with Gasteiger partial charge < -0.3 is 4.74 Å². The lowest BCUT2D eigenvalue weighted by Gasteiger charge is -2.10. The molecule has 1 aromatic heterocycles. The number of carbonyl (C=O) groups is 1. The maximum atomic E-state index is 12.7. The molecule has 4 aromatic rings. The summed E-state index contributed by atoms with van der Waals surface area (Å²) >= 11 is 1.47. The summed E-state index contributed by atoms with van der Waals surface area (Å²) in [5.74, 6) is -0.619. The number of hydrogen-bond acceptors (Lipinski definition) is 6. The van der Waals surface area contributed by atoms with E-state index in [1.807, 2.05) is 48.7 Å². The van der Waals surface area contributed by atoms with Crippen molar-refractivity contribution in [2.45, 2.75) is 18.4 Å². The van der Waals surface area contributed by atoms with E-state index in [0.717, 1.165) is 16.1 Å². The van der Waals surface area contributed by atoms with Gasteiger partial charge >= 0.3 is 5.97 Å². The zero-order valence-electron chi connectivity index (χ0n) is 17.2. The lowest BCUT2D eigenvalue weighted by molar-refractivity contribution is 0.0468. The van der Waals surface area contributed by atoms with E-state index in [0.29, 0.717) is 11.4 Å². The van der Waals surface area contributed by atoms with Crippen molar-refractivity contribution in [3.05, 3.63) is 101 Å². The van der Waals surface area contributed by atoms with E-state index in [4.69, 9.17) is 4.74 Å². The Hall–Kier alpha value is -3.49. The highest BCUT2D eigenvalue weighted by Crippen LogP contribution is 2.24. The van der Waals surface area contributed by atoms with Gasteiger partial charge in [0.2, 0.25) is 0 Å². The molecule has 162 valence electrons. The molecular weight excluding hydrogens is 444 g/mol. The number of rotatable bonds is 7. The SMILES string of the molecule is Cc1cccc(NS(=O)(=O)c2cccc(C(=O)OCc3csc(-c4ccccc4)n3)c2)c1. The predicted molar refractivity (Wildman–Crippen MR) is 125 cm³/mol.